The summed E-state index contributed by atoms with van der Waals surface area (Å²) in [7, 11) is 0.157. The Balaban J connectivity index is 1.28. The predicted octanol–water partition coefficient (Wildman–Crippen LogP) is 5.80. The molecule has 3 heterocycles. The van der Waals surface area contributed by atoms with Crippen molar-refractivity contribution in [3.05, 3.63) is 70.3 Å². The summed E-state index contributed by atoms with van der Waals surface area (Å²) in [6.07, 6.45) is 9.66. The van der Waals surface area contributed by atoms with Crippen molar-refractivity contribution in [2.24, 2.45) is 23.7 Å². The number of likely N-dealkylation sites (N-methyl/N-ethyl adjacent to an activating group) is 1. The number of nitrogens with one attached hydrogen (secondary N) is 1. The molecule has 266 valence electrons. The molecule has 2 fully saturated rings. The molecule has 49 heavy (non-hydrogen) atoms. The highest BCUT2D eigenvalue weighted by Crippen LogP contribution is 2.48. The molecule has 1 N–H and O–H groups in total. The van der Waals surface area contributed by atoms with E-state index in [0.29, 0.717) is 49.4 Å². The molecule has 7 rings (SSSR count). The first-order valence-electron chi connectivity index (χ1n) is 17.9. The van der Waals surface area contributed by atoms with Crippen molar-refractivity contribution in [3.63, 3.8) is 0 Å². The van der Waals surface area contributed by atoms with Crippen LogP contribution in [0.5, 0.6) is 5.75 Å². The minimum absolute atomic E-state index is 0.0362. The van der Waals surface area contributed by atoms with Gasteiger partial charge in [0.25, 0.3) is 5.91 Å². The normalized spacial score (nSPS) is 35.3. The molecule has 1 unspecified atom stereocenters. The molecule has 2 bridgehead atoms. The number of aryl methyl sites for hydroxylation is 1. The number of hydrogen-bond acceptors (Lipinski definition) is 8. The lowest BCUT2D eigenvalue weighted by atomic mass is 9.65. The molecule has 0 radical (unpaired) electrons. The van der Waals surface area contributed by atoms with Crippen molar-refractivity contribution in [1.82, 2.24) is 9.62 Å². The number of anilines is 1. The Morgan fingerprint density at radius 3 is 2.59 bits per heavy atom. The third kappa shape index (κ3) is 6.88. The smallest absolute Gasteiger partial charge is 0.264 e. The van der Waals surface area contributed by atoms with E-state index in [-0.39, 0.29) is 29.6 Å². The van der Waals surface area contributed by atoms with Crippen LogP contribution in [0.15, 0.2) is 48.6 Å². The number of sulfonamides is 1. The molecule has 1 amide bonds. The van der Waals surface area contributed by atoms with E-state index in [9.17, 15) is 13.2 Å². The largest absolute Gasteiger partial charge is 0.490 e. The maximum Gasteiger partial charge on any atom is 0.264 e. The molecule has 6 atom stereocenters. The first-order valence-corrected chi connectivity index (χ1v) is 19.8. The van der Waals surface area contributed by atoms with Gasteiger partial charge in [-0.15, -0.1) is 0 Å². The van der Waals surface area contributed by atoms with Gasteiger partial charge in [0.2, 0.25) is 10.0 Å². The van der Waals surface area contributed by atoms with Crippen LogP contribution in [-0.2, 0) is 31.3 Å². The van der Waals surface area contributed by atoms with Gasteiger partial charge in [0, 0.05) is 35.0 Å². The molecular formula is C38H50ClN3O6S. The molecule has 3 aliphatic heterocycles. The van der Waals surface area contributed by atoms with Gasteiger partial charge >= 0.3 is 0 Å². The SMILES string of the molecule is C[C@@H]1[C@@H](C)C/C=C/C([C@H]2OC[C@H](N(C)C)CO2)[C@@H]2CC[C@H]2CN2C[C@@]3(CCCc4cc(Cl)ccc43)COc3ccc(cc32)C(=O)NS1(=O)=O. The van der Waals surface area contributed by atoms with Crippen LogP contribution in [0.2, 0.25) is 5.02 Å². The summed E-state index contributed by atoms with van der Waals surface area (Å²) in [4.78, 5) is 18.1. The number of benzene rings is 2. The van der Waals surface area contributed by atoms with E-state index in [1.165, 1.54) is 11.1 Å². The second-order valence-corrected chi connectivity index (χ2v) is 17.8. The lowest BCUT2D eigenvalue weighted by Gasteiger charge is -2.48. The number of amides is 1. The summed E-state index contributed by atoms with van der Waals surface area (Å²) in [5.74, 6) is 0.612. The van der Waals surface area contributed by atoms with Crippen LogP contribution in [0.3, 0.4) is 0 Å². The van der Waals surface area contributed by atoms with Gasteiger partial charge in [0.1, 0.15) is 5.75 Å². The number of halogens is 1. The maximum atomic E-state index is 13.5. The first-order chi connectivity index (χ1) is 23.4. The van der Waals surface area contributed by atoms with Crippen LogP contribution in [0.4, 0.5) is 5.69 Å². The molecule has 1 spiro atoms. The zero-order valence-corrected chi connectivity index (χ0v) is 30.6. The van der Waals surface area contributed by atoms with Crippen LogP contribution in [0.1, 0.15) is 67.4 Å². The standard InChI is InChI=1S/C38H50ClN3O6S/c1-24-7-5-9-32(37-46-20-30(21-47-37)41(3)4)31-13-10-28(31)19-42-22-38(16-6-8-26-17-29(39)12-14-33(26)38)23-48-35-15-11-27(18-34(35)42)36(43)40-49(44,45)25(24)2/h5,9,11-12,14-15,17-18,24-25,28,30-32,37H,6-8,10,13,16,19-23H2,1-4H3,(H,40,43)/b9-5+/t24-,25+,28-,30-,31+,32?,37-,38-/m0/s1. The van der Waals surface area contributed by atoms with Gasteiger partial charge in [-0.3, -0.25) is 4.79 Å². The van der Waals surface area contributed by atoms with Gasteiger partial charge in [-0.1, -0.05) is 36.7 Å². The summed E-state index contributed by atoms with van der Waals surface area (Å²) < 4.78 is 48.8. The summed E-state index contributed by atoms with van der Waals surface area (Å²) in [6, 6.07) is 11.8. The number of fused-ring (bicyclic) bond motifs is 4. The molecule has 9 nitrogen and oxygen atoms in total. The van der Waals surface area contributed by atoms with Crippen LogP contribution in [0.25, 0.3) is 0 Å². The van der Waals surface area contributed by atoms with Crippen LogP contribution in [0, 0.1) is 23.7 Å². The third-order valence-corrected chi connectivity index (χ3v) is 14.2. The lowest BCUT2D eigenvalue weighted by Crippen LogP contribution is -2.51. The first kappa shape index (κ1) is 34.8. The van der Waals surface area contributed by atoms with E-state index in [1.54, 1.807) is 13.0 Å². The molecule has 11 heteroatoms. The van der Waals surface area contributed by atoms with Crippen LogP contribution in [-0.4, -0.2) is 83.8 Å². The van der Waals surface area contributed by atoms with Crippen molar-refractivity contribution >= 4 is 33.2 Å². The van der Waals surface area contributed by atoms with Crippen molar-refractivity contribution < 1.29 is 27.4 Å². The lowest BCUT2D eigenvalue weighted by molar-refractivity contribution is -0.230. The maximum absolute atomic E-state index is 13.5. The molecule has 0 aromatic heterocycles. The second kappa shape index (κ2) is 13.8. The topological polar surface area (TPSA) is 97.4 Å². The number of allylic oxidation sites excluding steroid dienone is 1. The Hall–Kier alpha value is -2.63. The minimum Gasteiger partial charge on any atom is -0.490 e. The number of nitrogens with zero attached hydrogens (tertiary/aromatic N) is 2. The van der Waals surface area contributed by atoms with Gasteiger partial charge in [-0.05, 0) is 119 Å². The zero-order valence-electron chi connectivity index (χ0n) is 29.1. The molecule has 1 saturated heterocycles. The van der Waals surface area contributed by atoms with E-state index < -0.39 is 21.2 Å². The zero-order chi connectivity index (χ0) is 34.5. The quantitative estimate of drug-likeness (QED) is 0.391. The minimum atomic E-state index is -3.94. The number of hydrogen-bond donors (Lipinski definition) is 1. The van der Waals surface area contributed by atoms with Crippen LogP contribution < -0.4 is 14.4 Å². The monoisotopic (exact) mass is 711 g/mol. The predicted molar refractivity (Wildman–Crippen MR) is 192 cm³/mol. The molecule has 1 saturated carbocycles. The van der Waals surface area contributed by atoms with Crippen molar-refractivity contribution in [3.8, 4) is 5.75 Å². The average Bonchev–Trinajstić information content (AvgIpc) is 3.21. The van der Waals surface area contributed by atoms with E-state index in [1.807, 2.05) is 39.2 Å². The average molecular weight is 712 g/mol. The summed E-state index contributed by atoms with van der Waals surface area (Å²) in [5, 5.41) is -0.0271. The fourth-order valence-corrected chi connectivity index (χ4v) is 10.0. The highest BCUT2D eigenvalue weighted by molar-refractivity contribution is 7.90. The van der Waals surface area contributed by atoms with E-state index in [2.05, 4.69) is 38.8 Å². The van der Waals surface area contributed by atoms with Gasteiger partial charge in [-0.2, -0.15) is 0 Å². The van der Waals surface area contributed by atoms with E-state index in [4.69, 9.17) is 25.8 Å². The van der Waals surface area contributed by atoms with E-state index >= 15 is 0 Å². The Kier molecular flexibility index (Phi) is 9.82. The number of carbonyl (C=O) groups is 1. The molecule has 2 aromatic carbocycles. The molecule has 5 aliphatic rings. The van der Waals surface area contributed by atoms with E-state index in [0.717, 1.165) is 55.9 Å². The van der Waals surface area contributed by atoms with Crippen molar-refractivity contribution in [1.29, 1.82) is 0 Å². The van der Waals surface area contributed by atoms with Crippen LogP contribution >= 0.6 is 11.6 Å². The van der Waals surface area contributed by atoms with Crippen molar-refractivity contribution in [2.75, 3.05) is 51.9 Å². The molecule has 2 aliphatic carbocycles. The fraction of sp³-hybridized carbons (Fsp3) is 0.605. The third-order valence-electron chi connectivity index (χ3n) is 12.1. The second-order valence-electron chi connectivity index (χ2n) is 15.3. The van der Waals surface area contributed by atoms with Gasteiger partial charge < -0.3 is 24.0 Å². The summed E-state index contributed by atoms with van der Waals surface area (Å²) >= 11 is 6.47. The Morgan fingerprint density at radius 1 is 1.06 bits per heavy atom. The summed E-state index contributed by atoms with van der Waals surface area (Å²) in [5.41, 5.74) is 3.42. The van der Waals surface area contributed by atoms with Crippen molar-refractivity contribution in [2.45, 2.75) is 75.4 Å². The highest BCUT2D eigenvalue weighted by atomic mass is 35.5. The van der Waals surface area contributed by atoms with Gasteiger partial charge in [0.15, 0.2) is 6.29 Å². The number of rotatable bonds is 2. The Labute approximate surface area is 296 Å². The molecular weight excluding hydrogens is 662 g/mol. The Morgan fingerprint density at radius 2 is 1.86 bits per heavy atom. The number of ether oxygens (including phenoxy) is 3. The Bertz CT molecular complexity index is 1690. The van der Waals surface area contributed by atoms with Gasteiger partial charge in [0.05, 0.1) is 36.8 Å². The van der Waals surface area contributed by atoms with Gasteiger partial charge in [-0.25, -0.2) is 13.1 Å². The molecule has 2 aromatic rings. The summed E-state index contributed by atoms with van der Waals surface area (Å²) in [6.45, 7) is 6.82. The number of carbonyl (C=O) groups excluding carboxylic acids is 1. The highest BCUT2D eigenvalue weighted by Gasteiger charge is 2.46. The fourth-order valence-electron chi connectivity index (χ4n) is 8.56.